The van der Waals surface area contributed by atoms with Gasteiger partial charge in [-0.05, 0) is 243 Å². The number of nitrogens with zero attached hydrogens (tertiary/aromatic N) is 2. The molecule has 4 aliphatic rings. The van der Waals surface area contributed by atoms with Crippen molar-refractivity contribution < 1.29 is 0 Å². The summed E-state index contributed by atoms with van der Waals surface area (Å²) in [6.07, 6.45) is 12.5. The lowest BCUT2D eigenvalue weighted by molar-refractivity contribution is 0.445. The molecule has 0 aromatic heterocycles. The molecule has 0 radical (unpaired) electrons. The molecule has 0 amide bonds. The number of hydrogen-bond acceptors (Lipinski definition) is 2. The molecule has 438 valence electrons. The lowest BCUT2D eigenvalue weighted by atomic mass is 9.74. The molecule has 0 N–H and O–H groups in total. The van der Waals surface area contributed by atoms with E-state index in [4.69, 9.17) is 0 Å². The van der Waals surface area contributed by atoms with E-state index in [1.807, 2.05) is 0 Å². The van der Waals surface area contributed by atoms with E-state index in [-0.39, 0.29) is 10.8 Å². The first-order valence-corrected chi connectivity index (χ1v) is 33.4. The van der Waals surface area contributed by atoms with Gasteiger partial charge in [0.25, 0.3) is 0 Å². The maximum absolute atomic E-state index is 2.62. The van der Waals surface area contributed by atoms with Crippen molar-refractivity contribution in [3.05, 3.63) is 288 Å². The van der Waals surface area contributed by atoms with Crippen molar-refractivity contribution in [2.75, 3.05) is 9.80 Å². The minimum atomic E-state index is -0.0615. The van der Waals surface area contributed by atoms with Crippen molar-refractivity contribution >= 4 is 77.2 Å². The highest BCUT2D eigenvalue weighted by Crippen LogP contribution is 2.54. The normalized spacial score (nSPS) is 15.9. The van der Waals surface area contributed by atoms with E-state index < -0.39 is 0 Å². The fraction of sp³-hybridized carbons (Fsp3) is 0.205. The lowest BCUT2D eigenvalue weighted by Gasteiger charge is -2.32. The van der Waals surface area contributed by atoms with Crippen LogP contribution in [0.3, 0.4) is 0 Å². The third-order valence-electron chi connectivity index (χ3n) is 21.8. The van der Waals surface area contributed by atoms with Gasteiger partial charge in [0.1, 0.15) is 0 Å². The van der Waals surface area contributed by atoms with Crippen molar-refractivity contribution in [2.45, 2.75) is 115 Å². The highest BCUT2D eigenvalue weighted by molar-refractivity contribution is 6.10. The van der Waals surface area contributed by atoms with E-state index in [0.29, 0.717) is 11.8 Å². The number of hydrogen-bond donors (Lipinski definition) is 0. The van der Waals surface area contributed by atoms with Gasteiger partial charge in [0.05, 0.1) is 0 Å². The van der Waals surface area contributed by atoms with E-state index in [0.717, 1.165) is 11.4 Å². The van der Waals surface area contributed by atoms with Gasteiger partial charge in [-0.3, -0.25) is 0 Å². The topological polar surface area (TPSA) is 6.48 Å². The predicted octanol–water partition coefficient (Wildman–Crippen LogP) is 25.3. The van der Waals surface area contributed by atoms with Gasteiger partial charge in [0.2, 0.25) is 0 Å². The summed E-state index contributed by atoms with van der Waals surface area (Å²) in [6, 6.07) is 98.0. The van der Waals surface area contributed by atoms with Crippen molar-refractivity contribution in [3.63, 3.8) is 0 Å². The summed E-state index contributed by atoms with van der Waals surface area (Å²) in [5, 5.41) is 10.7. The monoisotopic (exact) mass is 1160 g/mol. The fourth-order valence-electron chi connectivity index (χ4n) is 17.1. The Bertz CT molecular complexity index is 4660. The molecule has 2 saturated carbocycles. The first-order chi connectivity index (χ1) is 44.1. The largest absolute Gasteiger partial charge is 0.310 e. The third-order valence-corrected chi connectivity index (χ3v) is 21.8. The zero-order valence-electron chi connectivity index (χ0n) is 52.4. The Balaban J connectivity index is 0.821. The first kappa shape index (κ1) is 54.6. The maximum atomic E-state index is 2.62. The Labute approximate surface area is 531 Å². The number of anilines is 6. The van der Waals surface area contributed by atoms with Gasteiger partial charge in [0, 0.05) is 45.0 Å². The molecule has 2 nitrogen and oxygen atoms in total. The second kappa shape index (κ2) is 21.6. The minimum Gasteiger partial charge on any atom is -0.310 e. The molecule has 13 aromatic carbocycles. The third kappa shape index (κ3) is 9.03. The molecule has 2 fully saturated rings. The van der Waals surface area contributed by atoms with Crippen LogP contribution in [-0.2, 0) is 10.8 Å². The molecule has 0 bridgehead atoms. The van der Waals surface area contributed by atoms with Gasteiger partial charge in [0.15, 0.2) is 0 Å². The highest BCUT2D eigenvalue weighted by atomic mass is 15.1. The molecule has 90 heavy (non-hydrogen) atoms. The van der Waals surface area contributed by atoms with E-state index >= 15 is 0 Å². The van der Waals surface area contributed by atoms with Crippen LogP contribution in [0.5, 0.6) is 0 Å². The summed E-state index contributed by atoms with van der Waals surface area (Å²) in [4.78, 5) is 5.07. The molecule has 0 unspecified atom stereocenters. The van der Waals surface area contributed by atoms with Crippen LogP contribution in [0, 0.1) is 0 Å². The smallest absolute Gasteiger partial charge is 0.0468 e. The van der Waals surface area contributed by atoms with Gasteiger partial charge in [-0.15, -0.1) is 0 Å². The fourth-order valence-corrected chi connectivity index (χ4v) is 17.1. The van der Waals surface area contributed by atoms with Gasteiger partial charge in [-0.1, -0.05) is 236 Å². The molecule has 0 atom stereocenters. The van der Waals surface area contributed by atoms with Gasteiger partial charge >= 0.3 is 0 Å². The highest BCUT2D eigenvalue weighted by Gasteiger charge is 2.37. The van der Waals surface area contributed by atoms with Gasteiger partial charge < -0.3 is 9.80 Å². The Morgan fingerprint density at radius 1 is 0.256 bits per heavy atom. The summed E-state index contributed by atoms with van der Waals surface area (Å²) in [6.45, 7) is 9.52. The molecule has 2 heteroatoms. The van der Waals surface area contributed by atoms with Crippen LogP contribution >= 0.6 is 0 Å². The van der Waals surface area contributed by atoms with Crippen LogP contribution in [0.25, 0.3) is 87.6 Å². The molecule has 0 spiro atoms. The minimum absolute atomic E-state index is 0.0615. The van der Waals surface area contributed by atoms with Crippen molar-refractivity contribution in [1.82, 2.24) is 0 Å². The van der Waals surface area contributed by atoms with Crippen LogP contribution in [0.2, 0.25) is 0 Å². The zero-order chi connectivity index (χ0) is 60.2. The second-order valence-corrected chi connectivity index (χ2v) is 27.6. The van der Waals surface area contributed by atoms with Crippen molar-refractivity contribution in [1.29, 1.82) is 0 Å². The molecule has 0 saturated heterocycles. The average molecular weight is 1160 g/mol. The van der Waals surface area contributed by atoms with Crippen LogP contribution in [0.4, 0.5) is 34.1 Å². The number of rotatable bonds is 10. The van der Waals surface area contributed by atoms with Crippen LogP contribution in [0.15, 0.2) is 255 Å². The molecular formula is C88H76N2. The summed E-state index contributed by atoms with van der Waals surface area (Å²) < 4.78 is 0. The first-order valence-electron chi connectivity index (χ1n) is 33.4. The van der Waals surface area contributed by atoms with Crippen LogP contribution in [-0.4, -0.2) is 0 Å². The molecule has 0 heterocycles. The number of fused-ring (bicyclic) bond motifs is 10. The average Bonchev–Trinajstić information content (AvgIpc) is 0.982. The van der Waals surface area contributed by atoms with Gasteiger partial charge in [-0.25, -0.2) is 0 Å². The van der Waals surface area contributed by atoms with E-state index in [1.165, 1.54) is 197 Å². The quantitative estimate of drug-likeness (QED) is 0.126. The summed E-state index contributed by atoms with van der Waals surface area (Å²) in [5.41, 5.74) is 26.0. The summed E-state index contributed by atoms with van der Waals surface area (Å²) in [7, 11) is 0. The number of benzene rings is 13. The van der Waals surface area contributed by atoms with Crippen molar-refractivity contribution in [2.24, 2.45) is 0 Å². The predicted molar refractivity (Wildman–Crippen MR) is 383 cm³/mol. The van der Waals surface area contributed by atoms with E-state index in [2.05, 4.69) is 292 Å². The van der Waals surface area contributed by atoms with E-state index in [9.17, 15) is 0 Å². The Kier molecular flexibility index (Phi) is 13.1. The molecule has 0 aliphatic heterocycles. The maximum Gasteiger partial charge on any atom is 0.0468 e. The Morgan fingerprint density at radius 2 is 0.589 bits per heavy atom. The summed E-state index contributed by atoms with van der Waals surface area (Å²) in [5.74, 6) is 0.929. The van der Waals surface area contributed by atoms with Crippen molar-refractivity contribution in [3.8, 4) is 44.5 Å². The molecule has 13 aromatic rings. The van der Waals surface area contributed by atoms with Crippen LogP contribution < -0.4 is 9.80 Å². The molecule has 4 aliphatic carbocycles. The standard InChI is InChI=1S/C88H76N2/c1-87(2)81-29-17-15-27-73(81)75-47-37-65(53-83(75)87)59-31-39-67(40-32-59)89(69-43-35-57-19-11-13-25-63(57)51-69)71-45-49-77-79(55-71)85(61-21-7-5-8-22-61)78-50-46-72(56-80(78)86(77)62-23-9-6-10-24-62)90(70-44-36-58-20-12-14-26-64(58)52-70)68-41-33-60(34-42-68)66-38-48-76-74-28-16-18-30-82(74)88(3,4)84(76)54-66/h11-20,25-56,61-62H,5-10,21-24H2,1-4H3. The van der Waals surface area contributed by atoms with E-state index in [1.54, 1.807) is 11.1 Å². The summed E-state index contributed by atoms with van der Waals surface area (Å²) >= 11 is 0. The second-order valence-electron chi connectivity index (χ2n) is 27.6. The Morgan fingerprint density at radius 3 is 1.01 bits per heavy atom. The SMILES string of the molecule is CC1(C)c2ccccc2-c2ccc(-c3ccc(N(c4ccc5ccccc5c4)c4ccc5c(C6CCCCC6)c6cc(N(c7ccc(-c8ccc9c(c8)C(C)(C)c8ccccc8-9)cc7)c7ccc8ccccc8c7)ccc6c(C6CCCCC6)c5c4)cc3)cc21. The lowest BCUT2D eigenvalue weighted by Crippen LogP contribution is -2.14. The molecule has 17 rings (SSSR count). The molecular weight excluding hydrogens is 1080 g/mol. The van der Waals surface area contributed by atoms with Crippen LogP contribution in [0.1, 0.15) is 137 Å². The van der Waals surface area contributed by atoms with Gasteiger partial charge in [-0.2, -0.15) is 0 Å². The zero-order valence-corrected chi connectivity index (χ0v) is 52.4. The Hall–Kier alpha value is -9.50.